The van der Waals surface area contributed by atoms with E-state index in [0.717, 1.165) is 22.9 Å². The molecule has 0 saturated heterocycles. The van der Waals surface area contributed by atoms with Crippen LogP contribution in [-0.2, 0) is 5.75 Å². The summed E-state index contributed by atoms with van der Waals surface area (Å²) in [4.78, 5) is 1.29. The molecular formula is C13H10N4S. The minimum atomic E-state index is 0.823. The molecule has 0 N–H and O–H groups in total. The molecule has 0 amide bonds. The highest BCUT2D eigenvalue weighted by Crippen LogP contribution is 2.40. The average Bonchev–Trinajstić information content (AvgIpc) is 2.78. The van der Waals surface area contributed by atoms with Gasteiger partial charge in [0.2, 0.25) is 0 Å². The van der Waals surface area contributed by atoms with E-state index >= 15 is 0 Å². The smallest absolute Gasteiger partial charge is 0.178 e. The lowest BCUT2D eigenvalue weighted by Crippen LogP contribution is -2.04. The van der Waals surface area contributed by atoms with Gasteiger partial charge in [0.15, 0.2) is 11.5 Å². The zero-order valence-electron chi connectivity index (χ0n) is 9.79. The molecule has 3 aromatic rings. The fourth-order valence-electron chi connectivity index (χ4n) is 2.26. The largest absolute Gasteiger partial charge is 0.197 e. The number of nitrogens with zero attached hydrogens (tertiary/aromatic N) is 4. The molecule has 0 unspecified atom stereocenters. The minimum Gasteiger partial charge on any atom is -0.197 e. The Kier molecular flexibility index (Phi) is 1.99. The number of fused-ring (bicyclic) bond motifs is 4. The highest BCUT2D eigenvalue weighted by molar-refractivity contribution is 7.98. The number of aryl methyl sites for hydroxylation is 1. The van der Waals surface area contributed by atoms with Crippen LogP contribution in [0.2, 0.25) is 0 Å². The van der Waals surface area contributed by atoms with Crippen molar-refractivity contribution in [1.29, 1.82) is 0 Å². The Bertz CT molecular complexity index is 763. The predicted molar refractivity (Wildman–Crippen MR) is 70.5 cm³/mol. The van der Waals surface area contributed by atoms with E-state index in [4.69, 9.17) is 5.10 Å². The Morgan fingerprint density at radius 1 is 1.22 bits per heavy atom. The van der Waals surface area contributed by atoms with E-state index < -0.39 is 0 Å². The van der Waals surface area contributed by atoms with Crippen molar-refractivity contribution in [3.63, 3.8) is 0 Å². The average molecular weight is 254 g/mol. The summed E-state index contributed by atoms with van der Waals surface area (Å²) in [5.41, 5.74) is 4.32. The standard InChI is InChI=1S/C13H10N4S/c1-8-14-15-12-6-9-7-18-11-5-3-2-4-10(11)13(9)16-17(8)12/h2-6H,7H2,1H3. The van der Waals surface area contributed by atoms with Gasteiger partial charge in [-0.1, -0.05) is 18.2 Å². The lowest BCUT2D eigenvalue weighted by Gasteiger charge is -2.17. The summed E-state index contributed by atoms with van der Waals surface area (Å²) in [7, 11) is 0. The van der Waals surface area contributed by atoms with E-state index in [1.54, 1.807) is 0 Å². The Labute approximate surface area is 108 Å². The van der Waals surface area contributed by atoms with E-state index in [9.17, 15) is 0 Å². The molecule has 1 aliphatic heterocycles. The first kappa shape index (κ1) is 10.1. The molecule has 4 nitrogen and oxygen atoms in total. The number of rotatable bonds is 0. The van der Waals surface area contributed by atoms with Gasteiger partial charge in [-0.3, -0.25) is 0 Å². The van der Waals surface area contributed by atoms with Crippen LogP contribution in [0.15, 0.2) is 35.2 Å². The summed E-state index contributed by atoms with van der Waals surface area (Å²) in [6, 6.07) is 10.5. The normalized spacial score (nSPS) is 13.4. The van der Waals surface area contributed by atoms with Crippen LogP contribution in [0, 0.1) is 6.92 Å². The fourth-order valence-corrected chi connectivity index (χ4v) is 3.28. The predicted octanol–water partition coefficient (Wildman–Crippen LogP) is 2.71. The highest BCUT2D eigenvalue weighted by Gasteiger charge is 2.19. The second-order valence-electron chi connectivity index (χ2n) is 4.32. The monoisotopic (exact) mass is 254 g/mol. The fraction of sp³-hybridized carbons (Fsp3) is 0.154. The van der Waals surface area contributed by atoms with Gasteiger partial charge in [-0.25, -0.2) is 0 Å². The molecule has 1 aromatic carbocycles. The Balaban J connectivity index is 2.08. The van der Waals surface area contributed by atoms with Crippen molar-refractivity contribution in [1.82, 2.24) is 19.8 Å². The first-order valence-electron chi connectivity index (χ1n) is 5.77. The lowest BCUT2D eigenvalue weighted by atomic mass is 10.1. The zero-order chi connectivity index (χ0) is 12.1. The van der Waals surface area contributed by atoms with Gasteiger partial charge < -0.3 is 0 Å². The summed E-state index contributed by atoms with van der Waals surface area (Å²) < 4.78 is 1.81. The molecule has 4 rings (SSSR count). The molecule has 3 heterocycles. The quantitative estimate of drug-likeness (QED) is 0.618. The first-order valence-corrected chi connectivity index (χ1v) is 6.75. The molecular weight excluding hydrogens is 244 g/mol. The molecule has 0 bridgehead atoms. The van der Waals surface area contributed by atoms with Gasteiger partial charge in [0.05, 0.1) is 5.69 Å². The van der Waals surface area contributed by atoms with Crippen molar-refractivity contribution < 1.29 is 0 Å². The van der Waals surface area contributed by atoms with E-state index in [1.807, 2.05) is 23.2 Å². The molecule has 88 valence electrons. The van der Waals surface area contributed by atoms with Crippen LogP contribution in [0.5, 0.6) is 0 Å². The third kappa shape index (κ3) is 1.31. The first-order chi connectivity index (χ1) is 8.83. The van der Waals surface area contributed by atoms with Gasteiger partial charge in [-0.2, -0.15) is 9.61 Å². The maximum atomic E-state index is 4.69. The second kappa shape index (κ2) is 3.55. The number of hydrogen-bond donors (Lipinski definition) is 0. The number of benzene rings is 1. The van der Waals surface area contributed by atoms with E-state index in [-0.39, 0.29) is 0 Å². The van der Waals surface area contributed by atoms with Crippen molar-refractivity contribution in [2.24, 2.45) is 0 Å². The molecule has 0 atom stereocenters. The molecule has 5 heteroatoms. The van der Waals surface area contributed by atoms with Crippen molar-refractivity contribution in [3.8, 4) is 11.3 Å². The van der Waals surface area contributed by atoms with Crippen LogP contribution in [0.4, 0.5) is 0 Å². The molecule has 0 fully saturated rings. The van der Waals surface area contributed by atoms with Crippen molar-refractivity contribution >= 4 is 17.4 Å². The third-order valence-corrected chi connectivity index (χ3v) is 4.28. The summed E-state index contributed by atoms with van der Waals surface area (Å²) in [6.45, 7) is 1.92. The van der Waals surface area contributed by atoms with Crippen molar-refractivity contribution in [2.75, 3.05) is 0 Å². The summed E-state index contributed by atoms with van der Waals surface area (Å²) in [6.07, 6.45) is 0. The lowest BCUT2D eigenvalue weighted by molar-refractivity contribution is 0.871. The van der Waals surface area contributed by atoms with Gasteiger partial charge in [0.25, 0.3) is 0 Å². The zero-order valence-corrected chi connectivity index (χ0v) is 10.6. The topological polar surface area (TPSA) is 43.1 Å². The van der Waals surface area contributed by atoms with Crippen molar-refractivity contribution in [3.05, 3.63) is 41.7 Å². The number of hydrogen-bond acceptors (Lipinski definition) is 4. The number of aromatic nitrogens is 4. The summed E-state index contributed by atoms with van der Waals surface area (Å²) in [5.74, 6) is 1.77. The van der Waals surface area contributed by atoms with Gasteiger partial charge in [-0.15, -0.1) is 22.0 Å². The second-order valence-corrected chi connectivity index (χ2v) is 5.34. The van der Waals surface area contributed by atoms with Gasteiger partial charge in [0, 0.05) is 16.2 Å². The molecule has 0 radical (unpaired) electrons. The van der Waals surface area contributed by atoms with Crippen LogP contribution in [0.3, 0.4) is 0 Å². The van der Waals surface area contributed by atoms with Gasteiger partial charge >= 0.3 is 0 Å². The molecule has 2 aromatic heterocycles. The van der Waals surface area contributed by atoms with E-state index in [1.165, 1.54) is 16.0 Å². The summed E-state index contributed by atoms with van der Waals surface area (Å²) >= 11 is 1.85. The summed E-state index contributed by atoms with van der Waals surface area (Å²) in [5, 5.41) is 12.9. The van der Waals surface area contributed by atoms with Gasteiger partial charge in [0.1, 0.15) is 0 Å². The minimum absolute atomic E-state index is 0.823. The van der Waals surface area contributed by atoms with Crippen LogP contribution in [0.25, 0.3) is 16.9 Å². The molecule has 0 spiro atoms. The van der Waals surface area contributed by atoms with Gasteiger partial charge in [-0.05, 0) is 24.6 Å². The third-order valence-electron chi connectivity index (χ3n) is 3.15. The molecule has 0 aliphatic carbocycles. The maximum absolute atomic E-state index is 4.69. The van der Waals surface area contributed by atoms with Crippen LogP contribution in [-0.4, -0.2) is 19.8 Å². The van der Waals surface area contributed by atoms with E-state index in [2.05, 4.69) is 40.5 Å². The SMILES string of the molecule is Cc1nnc2cc3c(nn12)-c1ccccc1SC3. The van der Waals surface area contributed by atoms with E-state index in [0.29, 0.717) is 0 Å². The highest BCUT2D eigenvalue weighted by atomic mass is 32.2. The number of thioether (sulfide) groups is 1. The van der Waals surface area contributed by atoms with Crippen LogP contribution >= 0.6 is 11.8 Å². The maximum Gasteiger partial charge on any atom is 0.178 e. The Morgan fingerprint density at radius 2 is 2.11 bits per heavy atom. The molecule has 0 saturated carbocycles. The van der Waals surface area contributed by atoms with Crippen molar-refractivity contribution in [2.45, 2.75) is 17.6 Å². The molecule has 18 heavy (non-hydrogen) atoms. The Hall–Kier alpha value is -1.88. The van der Waals surface area contributed by atoms with Crippen LogP contribution in [0.1, 0.15) is 11.4 Å². The Morgan fingerprint density at radius 3 is 3.06 bits per heavy atom. The molecule has 1 aliphatic rings. The van der Waals surface area contributed by atoms with Crippen LogP contribution < -0.4 is 0 Å².